The fraction of sp³-hybridized carbons (Fsp3) is 0.562. The molecule has 0 spiro atoms. The Labute approximate surface area is 144 Å². The summed E-state index contributed by atoms with van der Waals surface area (Å²) in [5.74, 6) is 1.37. The molecule has 0 aromatic heterocycles. The topological polar surface area (TPSA) is 68.8 Å². The van der Waals surface area contributed by atoms with E-state index in [4.69, 9.17) is 14.2 Å². The molecule has 1 amide bonds. The van der Waals surface area contributed by atoms with Gasteiger partial charge in [0.2, 0.25) is 5.91 Å². The molecule has 0 heterocycles. The first kappa shape index (κ1) is 21.5. The Hall–Kier alpha value is -1.50. The Morgan fingerprint density at radius 1 is 1.17 bits per heavy atom. The highest BCUT2D eigenvalue weighted by Crippen LogP contribution is 2.27. The van der Waals surface area contributed by atoms with Crippen LogP contribution in [0.5, 0.6) is 11.5 Å². The minimum atomic E-state index is -0.0240. The van der Waals surface area contributed by atoms with Gasteiger partial charge in [0.1, 0.15) is 0 Å². The number of methoxy groups -OCH3 is 3. The van der Waals surface area contributed by atoms with Crippen LogP contribution >= 0.6 is 12.4 Å². The number of benzene rings is 1. The van der Waals surface area contributed by atoms with Crippen LogP contribution in [-0.4, -0.2) is 53.0 Å². The van der Waals surface area contributed by atoms with Gasteiger partial charge < -0.3 is 24.8 Å². The molecule has 132 valence electrons. The summed E-state index contributed by atoms with van der Waals surface area (Å²) in [4.78, 5) is 11.8. The van der Waals surface area contributed by atoms with E-state index in [2.05, 4.69) is 10.6 Å². The Morgan fingerprint density at radius 2 is 1.87 bits per heavy atom. The molecule has 0 aliphatic heterocycles. The highest BCUT2D eigenvalue weighted by Gasteiger charge is 2.10. The van der Waals surface area contributed by atoms with Gasteiger partial charge in [-0.1, -0.05) is 6.07 Å². The molecule has 1 atom stereocenters. The fourth-order valence-electron chi connectivity index (χ4n) is 2.11. The number of hydrogen-bond donors (Lipinski definition) is 2. The average molecular weight is 347 g/mol. The van der Waals surface area contributed by atoms with Crippen molar-refractivity contribution in [3.8, 4) is 11.5 Å². The Morgan fingerprint density at radius 3 is 2.48 bits per heavy atom. The second-order valence-electron chi connectivity index (χ2n) is 5.03. The number of carbonyl (C=O) groups is 1. The molecule has 0 saturated carbocycles. The van der Waals surface area contributed by atoms with Gasteiger partial charge in [0.25, 0.3) is 0 Å². The van der Waals surface area contributed by atoms with Crippen LogP contribution in [0, 0.1) is 0 Å². The Kier molecular flexibility index (Phi) is 11.2. The molecular weight excluding hydrogens is 320 g/mol. The SMILES string of the molecule is COCCNCC(=O)NC(C)Cc1ccc(OC)c(OC)c1.Cl. The quantitative estimate of drug-likeness (QED) is 0.627. The Bertz CT molecular complexity index is 471. The molecule has 0 fully saturated rings. The molecular formula is C16H27ClN2O4. The number of ether oxygens (including phenoxy) is 3. The van der Waals surface area contributed by atoms with E-state index in [1.54, 1.807) is 21.3 Å². The van der Waals surface area contributed by atoms with Crippen LogP contribution in [0.15, 0.2) is 18.2 Å². The number of nitrogens with one attached hydrogen (secondary N) is 2. The van der Waals surface area contributed by atoms with Crippen LogP contribution in [0.1, 0.15) is 12.5 Å². The lowest BCUT2D eigenvalue weighted by atomic mass is 10.1. The van der Waals surface area contributed by atoms with Crippen molar-refractivity contribution in [2.24, 2.45) is 0 Å². The standard InChI is InChI=1S/C16H26N2O4.ClH/c1-12(18-16(19)11-17-7-8-20-2)9-13-5-6-14(21-3)15(10-13)22-4;/h5-6,10,12,17H,7-9,11H2,1-4H3,(H,18,19);1H. The lowest BCUT2D eigenvalue weighted by Crippen LogP contribution is -2.40. The zero-order valence-electron chi connectivity index (χ0n) is 14.2. The van der Waals surface area contributed by atoms with Gasteiger partial charge in [-0.05, 0) is 31.0 Å². The van der Waals surface area contributed by atoms with Crippen LogP contribution in [0.25, 0.3) is 0 Å². The third kappa shape index (κ3) is 8.06. The van der Waals surface area contributed by atoms with Crippen LogP contribution in [0.3, 0.4) is 0 Å². The lowest BCUT2D eigenvalue weighted by molar-refractivity contribution is -0.120. The molecule has 0 saturated heterocycles. The molecule has 6 nitrogen and oxygen atoms in total. The molecule has 23 heavy (non-hydrogen) atoms. The van der Waals surface area contributed by atoms with Crippen molar-refractivity contribution in [1.82, 2.24) is 10.6 Å². The number of rotatable bonds is 10. The molecule has 1 aromatic rings. The van der Waals surface area contributed by atoms with Crippen molar-refractivity contribution < 1.29 is 19.0 Å². The minimum Gasteiger partial charge on any atom is -0.493 e. The van der Waals surface area contributed by atoms with Crippen molar-refractivity contribution in [1.29, 1.82) is 0 Å². The lowest BCUT2D eigenvalue weighted by Gasteiger charge is -2.15. The summed E-state index contributed by atoms with van der Waals surface area (Å²) in [7, 11) is 4.85. The summed E-state index contributed by atoms with van der Waals surface area (Å²) in [5, 5.41) is 5.97. The van der Waals surface area contributed by atoms with E-state index in [-0.39, 0.29) is 24.4 Å². The first-order valence-electron chi connectivity index (χ1n) is 7.30. The van der Waals surface area contributed by atoms with E-state index in [1.165, 1.54) is 0 Å². The second-order valence-corrected chi connectivity index (χ2v) is 5.03. The van der Waals surface area contributed by atoms with E-state index < -0.39 is 0 Å². The van der Waals surface area contributed by atoms with E-state index in [0.29, 0.717) is 31.2 Å². The summed E-state index contributed by atoms with van der Waals surface area (Å²) in [6.07, 6.45) is 0.726. The molecule has 0 bridgehead atoms. The van der Waals surface area contributed by atoms with Gasteiger partial charge in [0, 0.05) is 19.7 Å². The third-order valence-corrected chi connectivity index (χ3v) is 3.17. The Balaban J connectivity index is 0.00000484. The highest BCUT2D eigenvalue weighted by atomic mass is 35.5. The van der Waals surface area contributed by atoms with Crippen molar-refractivity contribution in [2.75, 3.05) is 41.0 Å². The zero-order chi connectivity index (χ0) is 16.4. The van der Waals surface area contributed by atoms with Crippen LogP contribution < -0.4 is 20.1 Å². The van der Waals surface area contributed by atoms with E-state index >= 15 is 0 Å². The normalized spacial score (nSPS) is 11.3. The van der Waals surface area contributed by atoms with Gasteiger partial charge in [-0.25, -0.2) is 0 Å². The molecule has 0 radical (unpaired) electrons. The van der Waals surface area contributed by atoms with Gasteiger partial charge in [0.15, 0.2) is 11.5 Å². The number of hydrogen-bond acceptors (Lipinski definition) is 5. The summed E-state index contributed by atoms with van der Waals surface area (Å²) >= 11 is 0. The van der Waals surface area contributed by atoms with Crippen molar-refractivity contribution in [3.05, 3.63) is 23.8 Å². The molecule has 2 N–H and O–H groups in total. The van der Waals surface area contributed by atoms with Crippen molar-refractivity contribution in [3.63, 3.8) is 0 Å². The van der Waals surface area contributed by atoms with Crippen LogP contribution in [0.4, 0.5) is 0 Å². The molecule has 1 rings (SSSR count). The maximum atomic E-state index is 11.8. The second kappa shape index (κ2) is 12.0. The molecule has 0 aliphatic carbocycles. The van der Waals surface area contributed by atoms with Gasteiger partial charge in [-0.15, -0.1) is 12.4 Å². The molecule has 7 heteroatoms. The predicted molar refractivity (Wildman–Crippen MR) is 92.8 cm³/mol. The summed E-state index contributed by atoms with van der Waals surface area (Å²) in [5.41, 5.74) is 1.08. The van der Waals surface area contributed by atoms with Crippen molar-refractivity contribution >= 4 is 18.3 Å². The van der Waals surface area contributed by atoms with E-state index in [1.807, 2.05) is 25.1 Å². The number of halogens is 1. The predicted octanol–water partition coefficient (Wildman–Crippen LogP) is 1.41. The highest BCUT2D eigenvalue weighted by molar-refractivity contribution is 5.85. The first-order valence-corrected chi connectivity index (χ1v) is 7.30. The van der Waals surface area contributed by atoms with Gasteiger partial charge in [-0.3, -0.25) is 4.79 Å². The number of carbonyl (C=O) groups excluding carboxylic acids is 1. The maximum Gasteiger partial charge on any atom is 0.234 e. The summed E-state index contributed by atoms with van der Waals surface area (Å²) in [6.45, 7) is 3.52. The van der Waals surface area contributed by atoms with E-state index in [9.17, 15) is 4.79 Å². The molecule has 1 unspecified atom stereocenters. The largest absolute Gasteiger partial charge is 0.493 e. The first-order chi connectivity index (χ1) is 10.6. The van der Waals surface area contributed by atoms with Gasteiger partial charge >= 0.3 is 0 Å². The number of amides is 1. The van der Waals surface area contributed by atoms with Crippen LogP contribution in [0.2, 0.25) is 0 Å². The van der Waals surface area contributed by atoms with Gasteiger partial charge in [0.05, 0.1) is 27.4 Å². The molecule has 1 aromatic carbocycles. The van der Waals surface area contributed by atoms with E-state index in [0.717, 1.165) is 12.0 Å². The fourth-order valence-corrected chi connectivity index (χ4v) is 2.11. The van der Waals surface area contributed by atoms with Gasteiger partial charge in [-0.2, -0.15) is 0 Å². The average Bonchev–Trinajstić information content (AvgIpc) is 2.51. The summed E-state index contributed by atoms with van der Waals surface area (Å²) < 4.78 is 15.4. The van der Waals surface area contributed by atoms with Crippen molar-refractivity contribution in [2.45, 2.75) is 19.4 Å². The minimum absolute atomic E-state index is 0. The monoisotopic (exact) mass is 346 g/mol. The third-order valence-electron chi connectivity index (χ3n) is 3.17. The summed E-state index contributed by atoms with van der Waals surface area (Å²) in [6, 6.07) is 5.81. The maximum absolute atomic E-state index is 11.8. The zero-order valence-corrected chi connectivity index (χ0v) is 15.0. The van der Waals surface area contributed by atoms with Crippen LogP contribution in [-0.2, 0) is 16.0 Å². The smallest absolute Gasteiger partial charge is 0.234 e. The molecule has 0 aliphatic rings.